The zero-order valence-electron chi connectivity index (χ0n) is 8.74. The second-order valence-corrected chi connectivity index (χ2v) is 4.27. The van der Waals surface area contributed by atoms with Crippen LogP contribution in [0.4, 0.5) is 5.69 Å². The van der Waals surface area contributed by atoms with Crippen molar-refractivity contribution in [3.8, 4) is 0 Å². The minimum absolute atomic E-state index is 0.703. The Balaban J connectivity index is 2.10. The van der Waals surface area contributed by atoms with E-state index in [9.17, 15) is 0 Å². The lowest BCUT2D eigenvalue weighted by molar-refractivity contribution is 0.251. The molecule has 1 aliphatic rings. The van der Waals surface area contributed by atoms with Crippen molar-refractivity contribution in [3.05, 3.63) is 29.8 Å². The van der Waals surface area contributed by atoms with Crippen LogP contribution in [0.3, 0.4) is 0 Å². The molecule has 2 N–H and O–H groups in total. The van der Waals surface area contributed by atoms with Crippen LogP contribution in [-0.2, 0) is 0 Å². The molecule has 1 heterocycles. The summed E-state index contributed by atoms with van der Waals surface area (Å²) in [7, 11) is 2.20. The highest BCUT2D eigenvalue weighted by atomic mass is 15.1. The van der Waals surface area contributed by atoms with Gasteiger partial charge in [0, 0.05) is 12.2 Å². The average molecular weight is 190 g/mol. The van der Waals surface area contributed by atoms with Crippen molar-refractivity contribution < 1.29 is 0 Å². The van der Waals surface area contributed by atoms with Crippen LogP contribution in [0.15, 0.2) is 24.3 Å². The Labute approximate surface area is 85.7 Å². The number of hydrogen-bond donors (Lipinski definition) is 1. The highest BCUT2D eigenvalue weighted by molar-refractivity contribution is 5.40. The fourth-order valence-electron chi connectivity index (χ4n) is 2.21. The molecule has 1 aromatic rings. The molecule has 0 bridgehead atoms. The summed E-state index contributed by atoms with van der Waals surface area (Å²) < 4.78 is 0. The SMILES string of the molecule is CN1CCCC(c2ccc(N)cc2)C1. The van der Waals surface area contributed by atoms with Crippen molar-refractivity contribution in [1.82, 2.24) is 4.90 Å². The molecule has 0 aromatic heterocycles. The Morgan fingerprint density at radius 3 is 2.64 bits per heavy atom. The summed E-state index contributed by atoms with van der Waals surface area (Å²) >= 11 is 0. The van der Waals surface area contributed by atoms with E-state index in [0.29, 0.717) is 5.92 Å². The van der Waals surface area contributed by atoms with Crippen molar-refractivity contribution in [2.24, 2.45) is 0 Å². The minimum Gasteiger partial charge on any atom is -0.399 e. The molecule has 1 atom stereocenters. The number of hydrogen-bond acceptors (Lipinski definition) is 2. The van der Waals surface area contributed by atoms with Crippen molar-refractivity contribution in [2.45, 2.75) is 18.8 Å². The van der Waals surface area contributed by atoms with Crippen LogP contribution in [0.5, 0.6) is 0 Å². The smallest absolute Gasteiger partial charge is 0.0314 e. The van der Waals surface area contributed by atoms with Gasteiger partial charge in [-0.05, 0) is 50.0 Å². The van der Waals surface area contributed by atoms with E-state index in [-0.39, 0.29) is 0 Å². The maximum atomic E-state index is 5.67. The zero-order valence-corrected chi connectivity index (χ0v) is 8.74. The van der Waals surface area contributed by atoms with Gasteiger partial charge in [-0.3, -0.25) is 0 Å². The van der Waals surface area contributed by atoms with Gasteiger partial charge in [0.15, 0.2) is 0 Å². The molecule has 0 saturated carbocycles. The molecule has 1 aliphatic heterocycles. The van der Waals surface area contributed by atoms with E-state index in [0.717, 1.165) is 5.69 Å². The van der Waals surface area contributed by atoms with Crippen LogP contribution in [0.1, 0.15) is 24.3 Å². The van der Waals surface area contributed by atoms with Gasteiger partial charge in [-0.25, -0.2) is 0 Å². The van der Waals surface area contributed by atoms with Gasteiger partial charge >= 0.3 is 0 Å². The van der Waals surface area contributed by atoms with E-state index in [2.05, 4.69) is 24.1 Å². The first-order chi connectivity index (χ1) is 6.75. The summed E-state index contributed by atoms with van der Waals surface area (Å²) in [6.07, 6.45) is 2.62. The number of rotatable bonds is 1. The number of benzene rings is 1. The predicted octanol–water partition coefficient (Wildman–Crippen LogP) is 2.08. The number of nitrogens with zero attached hydrogens (tertiary/aromatic N) is 1. The maximum absolute atomic E-state index is 5.67. The average Bonchev–Trinajstić information content (AvgIpc) is 2.19. The Hall–Kier alpha value is -1.02. The molecule has 2 heteroatoms. The Morgan fingerprint density at radius 1 is 1.29 bits per heavy atom. The number of anilines is 1. The standard InChI is InChI=1S/C12H18N2/c1-14-8-2-3-11(9-14)10-4-6-12(13)7-5-10/h4-7,11H,2-3,8-9,13H2,1H3. The summed E-state index contributed by atoms with van der Waals surface area (Å²) in [4.78, 5) is 2.41. The summed E-state index contributed by atoms with van der Waals surface area (Å²) in [5, 5.41) is 0. The number of nitrogens with two attached hydrogens (primary N) is 1. The van der Waals surface area contributed by atoms with E-state index in [4.69, 9.17) is 5.73 Å². The second-order valence-electron chi connectivity index (χ2n) is 4.27. The highest BCUT2D eigenvalue weighted by Gasteiger charge is 2.18. The van der Waals surface area contributed by atoms with E-state index < -0.39 is 0 Å². The first-order valence-electron chi connectivity index (χ1n) is 5.29. The number of nitrogen functional groups attached to an aromatic ring is 1. The second kappa shape index (κ2) is 4.01. The quantitative estimate of drug-likeness (QED) is 0.687. The van der Waals surface area contributed by atoms with Gasteiger partial charge < -0.3 is 10.6 Å². The Morgan fingerprint density at radius 2 is 2.00 bits per heavy atom. The van der Waals surface area contributed by atoms with Crippen LogP contribution in [0, 0.1) is 0 Å². The first kappa shape index (κ1) is 9.53. The number of likely N-dealkylation sites (tertiary alicyclic amines) is 1. The number of piperidine rings is 1. The molecular weight excluding hydrogens is 172 g/mol. The van der Waals surface area contributed by atoms with Gasteiger partial charge in [-0.1, -0.05) is 12.1 Å². The largest absolute Gasteiger partial charge is 0.399 e. The van der Waals surface area contributed by atoms with E-state index in [1.165, 1.54) is 31.5 Å². The molecule has 0 aliphatic carbocycles. The van der Waals surface area contributed by atoms with Gasteiger partial charge in [-0.2, -0.15) is 0 Å². The molecule has 0 amide bonds. The minimum atomic E-state index is 0.703. The third-order valence-corrected chi connectivity index (χ3v) is 3.03. The van der Waals surface area contributed by atoms with Gasteiger partial charge in [0.2, 0.25) is 0 Å². The highest BCUT2D eigenvalue weighted by Crippen LogP contribution is 2.26. The molecule has 14 heavy (non-hydrogen) atoms. The Bertz CT molecular complexity index is 292. The lowest BCUT2D eigenvalue weighted by Crippen LogP contribution is -2.30. The summed E-state index contributed by atoms with van der Waals surface area (Å²) in [5.41, 5.74) is 7.97. The van der Waals surface area contributed by atoms with Crippen molar-refractivity contribution >= 4 is 5.69 Å². The third kappa shape index (κ3) is 2.07. The lowest BCUT2D eigenvalue weighted by Gasteiger charge is -2.29. The predicted molar refractivity (Wildman–Crippen MR) is 60.3 cm³/mol. The fraction of sp³-hybridized carbons (Fsp3) is 0.500. The van der Waals surface area contributed by atoms with E-state index >= 15 is 0 Å². The molecule has 1 saturated heterocycles. The molecular formula is C12H18N2. The first-order valence-corrected chi connectivity index (χ1v) is 5.29. The molecule has 1 fully saturated rings. The molecule has 0 radical (unpaired) electrons. The van der Waals surface area contributed by atoms with Gasteiger partial charge in [0.1, 0.15) is 0 Å². The maximum Gasteiger partial charge on any atom is 0.0314 e. The third-order valence-electron chi connectivity index (χ3n) is 3.03. The molecule has 2 nitrogen and oxygen atoms in total. The molecule has 1 unspecified atom stereocenters. The topological polar surface area (TPSA) is 29.3 Å². The summed E-state index contributed by atoms with van der Waals surface area (Å²) in [5.74, 6) is 0.703. The fourth-order valence-corrected chi connectivity index (χ4v) is 2.21. The van der Waals surface area contributed by atoms with E-state index in [1.54, 1.807) is 0 Å². The number of likely N-dealkylation sites (N-methyl/N-ethyl adjacent to an activating group) is 1. The van der Waals surface area contributed by atoms with Crippen molar-refractivity contribution in [1.29, 1.82) is 0 Å². The van der Waals surface area contributed by atoms with Crippen molar-refractivity contribution in [3.63, 3.8) is 0 Å². The van der Waals surface area contributed by atoms with Crippen LogP contribution in [0.25, 0.3) is 0 Å². The van der Waals surface area contributed by atoms with Crippen molar-refractivity contribution in [2.75, 3.05) is 25.9 Å². The van der Waals surface area contributed by atoms with Crippen LogP contribution in [-0.4, -0.2) is 25.0 Å². The molecule has 2 rings (SSSR count). The summed E-state index contributed by atoms with van der Waals surface area (Å²) in [6.45, 7) is 2.43. The zero-order chi connectivity index (χ0) is 9.97. The molecule has 1 aromatic carbocycles. The molecule has 0 spiro atoms. The summed E-state index contributed by atoms with van der Waals surface area (Å²) in [6, 6.07) is 8.34. The van der Waals surface area contributed by atoms with Gasteiger partial charge in [-0.15, -0.1) is 0 Å². The molecule has 76 valence electrons. The van der Waals surface area contributed by atoms with Crippen LogP contribution in [0.2, 0.25) is 0 Å². The van der Waals surface area contributed by atoms with Crippen LogP contribution >= 0.6 is 0 Å². The van der Waals surface area contributed by atoms with Gasteiger partial charge in [0.25, 0.3) is 0 Å². The monoisotopic (exact) mass is 190 g/mol. The van der Waals surface area contributed by atoms with Gasteiger partial charge in [0.05, 0.1) is 0 Å². The lowest BCUT2D eigenvalue weighted by atomic mass is 9.91. The van der Waals surface area contributed by atoms with E-state index in [1.807, 2.05) is 12.1 Å². The Kier molecular flexibility index (Phi) is 2.73. The normalized spacial score (nSPS) is 23.6. The van der Waals surface area contributed by atoms with Crippen LogP contribution < -0.4 is 5.73 Å².